The number of hydrogen-bond donors (Lipinski definition) is 3. The Balaban J connectivity index is 1.45. The smallest absolute Gasteiger partial charge is 0.410 e. The van der Waals surface area contributed by atoms with Gasteiger partial charge in [0.05, 0.1) is 41.2 Å². The van der Waals surface area contributed by atoms with Gasteiger partial charge in [-0.1, -0.05) is 58.0 Å². The van der Waals surface area contributed by atoms with E-state index in [0.717, 1.165) is 5.56 Å². The van der Waals surface area contributed by atoms with E-state index < -0.39 is 89.3 Å². The van der Waals surface area contributed by atoms with Crippen molar-refractivity contribution >= 4 is 41.0 Å². The lowest BCUT2D eigenvalue weighted by atomic mass is 9.73. The summed E-state index contributed by atoms with van der Waals surface area (Å²) in [5, 5.41) is 3.23. The third-order valence-electron chi connectivity index (χ3n) is 13.8. The van der Waals surface area contributed by atoms with Gasteiger partial charge in [0.2, 0.25) is 0 Å². The number of cyclic esters (lactones) is 1. The summed E-state index contributed by atoms with van der Waals surface area (Å²) in [6.45, 7) is 14.7. The van der Waals surface area contributed by atoms with E-state index in [1.807, 2.05) is 38.1 Å². The summed E-state index contributed by atoms with van der Waals surface area (Å²) in [5.74, 6) is -5.86. The minimum atomic E-state index is -1.44. The highest BCUT2D eigenvalue weighted by Gasteiger charge is 2.60. The molecule has 66 heavy (non-hydrogen) atoms. The zero-order valence-corrected chi connectivity index (χ0v) is 40.6. The van der Waals surface area contributed by atoms with Crippen LogP contribution in [-0.2, 0) is 42.8 Å². The molecule has 16 heteroatoms. The number of ether oxygens (including phenoxy) is 6. The minimum Gasteiger partial charge on any atom is -0.458 e. The number of benzene rings is 2. The second-order valence-corrected chi connectivity index (χ2v) is 19.0. The van der Waals surface area contributed by atoms with Gasteiger partial charge >= 0.3 is 18.0 Å². The van der Waals surface area contributed by atoms with E-state index in [1.165, 1.54) is 14.0 Å². The van der Waals surface area contributed by atoms with Gasteiger partial charge in [-0.15, -0.1) is 0 Å². The number of fused-ring (bicyclic) bond motifs is 1. The van der Waals surface area contributed by atoms with E-state index in [2.05, 4.69) is 5.32 Å². The van der Waals surface area contributed by atoms with Gasteiger partial charge in [-0.2, -0.15) is 0 Å². The van der Waals surface area contributed by atoms with E-state index in [-0.39, 0.29) is 37.3 Å². The van der Waals surface area contributed by atoms with Crippen LogP contribution in [0.5, 0.6) is 0 Å². The van der Waals surface area contributed by atoms with Crippen molar-refractivity contribution in [3.8, 4) is 0 Å². The highest BCUT2D eigenvalue weighted by molar-refractivity contribution is 6.00. The summed E-state index contributed by atoms with van der Waals surface area (Å²) in [6.07, 6.45) is -1.47. The highest BCUT2D eigenvalue weighted by Crippen LogP contribution is 2.43. The summed E-state index contributed by atoms with van der Waals surface area (Å²) >= 11 is 0. The molecule has 5 N–H and O–H groups in total. The van der Waals surface area contributed by atoms with E-state index in [0.29, 0.717) is 42.8 Å². The molecule has 3 aliphatic rings. The number of nitrogens with two attached hydrogens (primary N) is 2. The summed E-state index contributed by atoms with van der Waals surface area (Å²) < 4.78 is 38.2. The van der Waals surface area contributed by atoms with Crippen LogP contribution in [0.25, 0.3) is 5.70 Å². The Kier molecular flexibility index (Phi) is 17.5. The number of nitrogens with zero attached hydrogens (tertiary/aromatic N) is 2. The number of likely N-dealkylation sites (N-methyl/N-ethyl adjacent to an activating group) is 1. The first-order chi connectivity index (χ1) is 31.2. The van der Waals surface area contributed by atoms with Crippen LogP contribution < -0.4 is 16.8 Å². The lowest BCUT2D eigenvalue weighted by molar-refractivity contribution is -0.294. The number of methoxy groups -OCH3 is 1. The summed E-state index contributed by atoms with van der Waals surface area (Å²) in [6, 6.07) is 14.7. The monoisotopic (exact) mass is 920 g/mol. The molecule has 16 nitrogen and oxygen atoms in total. The van der Waals surface area contributed by atoms with Gasteiger partial charge in [-0.25, -0.2) is 9.59 Å². The maximum absolute atomic E-state index is 14.9. The molecule has 0 spiro atoms. The fourth-order valence-corrected chi connectivity index (χ4v) is 10.1. The van der Waals surface area contributed by atoms with Crippen LogP contribution in [-0.4, -0.2) is 128 Å². The molecule has 0 bridgehead atoms. The molecule has 0 radical (unpaired) electrons. The van der Waals surface area contributed by atoms with Crippen molar-refractivity contribution in [3.63, 3.8) is 0 Å². The van der Waals surface area contributed by atoms with Crippen molar-refractivity contribution in [2.24, 2.45) is 29.4 Å². The Morgan fingerprint density at radius 2 is 1.64 bits per heavy atom. The number of ketones is 2. The van der Waals surface area contributed by atoms with Crippen LogP contribution in [0.3, 0.4) is 0 Å². The number of hydrogen-bond acceptors (Lipinski definition) is 15. The van der Waals surface area contributed by atoms with Crippen LogP contribution in [0.4, 0.5) is 10.5 Å². The average molecular weight is 920 g/mol. The van der Waals surface area contributed by atoms with Crippen LogP contribution in [0.15, 0.2) is 60.8 Å². The van der Waals surface area contributed by atoms with Gasteiger partial charge in [0.25, 0.3) is 0 Å². The first-order valence-electron chi connectivity index (χ1n) is 23.3. The molecule has 0 aliphatic carbocycles. The first-order valence-corrected chi connectivity index (χ1v) is 23.3. The standard InChI is InChI=1S/C50H73N5O11/c1-12-39-50(8)43(55(48(60)66-50)24-17-16-23-53-28-37(52)35-21-18-22-36(51)26-35)31(4)40(56)29(2)27-49(7,61-11)44(32(5)41(57)33(6)45(58)63-39)65-47-42(38(54(9)10)25-30(3)62-47)64-46(59)34-19-14-13-15-20-34/h13-15,18-22,26,28-33,38-39,42-44,47,53H,12,16-17,23-25,27,51-52H2,1-11H3/b37-28-/t29-,30-,31+,32+,33-,38+,39-,42-,43?,44-,47?,49+,50-/m1/s1. The van der Waals surface area contributed by atoms with E-state index in [1.54, 1.807) is 95.1 Å². The molecule has 364 valence electrons. The van der Waals surface area contributed by atoms with Crippen LogP contribution in [0, 0.1) is 23.7 Å². The number of esters is 2. The van der Waals surface area contributed by atoms with Crippen LogP contribution >= 0.6 is 0 Å². The highest BCUT2D eigenvalue weighted by atomic mass is 16.7. The molecule has 13 atom stereocenters. The minimum absolute atomic E-state index is 0.0783. The molecule has 2 unspecified atom stereocenters. The fraction of sp³-hybridized carbons (Fsp3) is 0.620. The van der Waals surface area contributed by atoms with E-state index >= 15 is 0 Å². The molecular weight excluding hydrogens is 847 g/mol. The maximum Gasteiger partial charge on any atom is 0.410 e. The Morgan fingerprint density at radius 1 is 0.955 bits per heavy atom. The Hall–Kier alpha value is -5.03. The normalized spacial score (nSPS) is 33.7. The number of carbonyl (C=O) groups is 5. The van der Waals surface area contributed by atoms with Crippen LogP contribution in [0.2, 0.25) is 0 Å². The predicted molar refractivity (Wildman–Crippen MR) is 249 cm³/mol. The number of Topliss-reactive ketones (excluding diaryl/α,β-unsaturated/α-hetero) is 2. The van der Waals surface area contributed by atoms with Crippen molar-refractivity contribution < 1.29 is 52.4 Å². The number of nitrogen functional groups attached to an aromatic ring is 1. The van der Waals surface area contributed by atoms with E-state index in [4.69, 9.17) is 39.9 Å². The van der Waals surface area contributed by atoms with Gasteiger partial charge in [0, 0.05) is 55.4 Å². The molecule has 3 fully saturated rings. The Labute approximate surface area is 390 Å². The number of carbonyl (C=O) groups excluding carboxylic acids is 5. The fourth-order valence-electron chi connectivity index (χ4n) is 10.1. The predicted octanol–water partition coefficient (Wildman–Crippen LogP) is 5.96. The third kappa shape index (κ3) is 11.6. The first kappa shape index (κ1) is 51.9. The molecule has 0 aromatic heterocycles. The summed E-state index contributed by atoms with van der Waals surface area (Å²) in [7, 11) is 5.25. The Morgan fingerprint density at radius 3 is 2.27 bits per heavy atom. The molecule has 3 saturated heterocycles. The lowest BCUT2D eigenvalue weighted by Crippen LogP contribution is -2.61. The topological polar surface area (TPSA) is 211 Å². The van der Waals surface area contributed by atoms with Crippen molar-refractivity contribution in [3.05, 3.63) is 71.9 Å². The second-order valence-electron chi connectivity index (χ2n) is 19.0. The number of anilines is 1. The quantitative estimate of drug-likeness (QED) is 0.0656. The molecule has 2 aromatic carbocycles. The number of amides is 1. The molecule has 3 heterocycles. The Bertz CT molecular complexity index is 2050. The van der Waals surface area contributed by atoms with Crippen molar-refractivity contribution in [1.82, 2.24) is 15.1 Å². The van der Waals surface area contributed by atoms with Gasteiger partial charge in [-0.05, 0) is 98.2 Å². The molecule has 5 rings (SSSR count). The molecule has 1 amide bonds. The van der Waals surface area contributed by atoms with Crippen molar-refractivity contribution in [2.75, 3.05) is 40.0 Å². The average Bonchev–Trinajstić information content (AvgIpc) is 3.55. The largest absolute Gasteiger partial charge is 0.458 e. The number of nitrogens with one attached hydrogen (secondary N) is 1. The zero-order valence-electron chi connectivity index (χ0n) is 40.6. The number of unbranched alkanes of at least 4 members (excludes halogenated alkanes) is 1. The van der Waals surface area contributed by atoms with Crippen molar-refractivity contribution in [2.45, 2.75) is 141 Å². The third-order valence-corrected chi connectivity index (χ3v) is 13.8. The second kappa shape index (κ2) is 22.2. The van der Waals surface area contributed by atoms with Gasteiger partial charge in [-0.3, -0.25) is 14.4 Å². The maximum atomic E-state index is 14.9. The zero-order chi connectivity index (χ0) is 48.7. The lowest BCUT2D eigenvalue weighted by Gasteiger charge is -2.47. The molecular formula is C50H73N5O11. The van der Waals surface area contributed by atoms with Gasteiger partial charge < -0.3 is 55.0 Å². The van der Waals surface area contributed by atoms with Crippen LogP contribution in [0.1, 0.15) is 103 Å². The number of rotatable bonds is 14. The van der Waals surface area contributed by atoms with Crippen molar-refractivity contribution in [1.29, 1.82) is 0 Å². The van der Waals surface area contributed by atoms with Gasteiger partial charge in [0.15, 0.2) is 23.8 Å². The summed E-state index contributed by atoms with van der Waals surface area (Å²) in [5.41, 5.74) is 11.6. The molecule has 0 saturated carbocycles. The molecule has 2 aromatic rings. The SMILES string of the molecule is CC[C@H]1OC(=O)[C@H](C)C(=O)[C@H](C)[C@@H](OC2O[C@H](C)C[C@H](N(C)C)[C@H]2OC(=O)c2ccccc2)[C@@](C)(OC)C[C@@H](C)C(=O)[C@H](C)C2N(CCCCN/C=C(\N)c3cccc(N)c3)C(=O)O[C@@]21C. The van der Waals surface area contributed by atoms with Gasteiger partial charge in [0.1, 0.15) is 17.8 Å². The molecule has 3 aliphatic heterocycles. The summed E-state index contributed by atoms with van der Waals surface area (Å²) in [4.78, 5) is 74.8. The van der Waals surface area contributed by atoms with E-state index in [9.17, 15) is 24.0 Å².